The molecule has 24 heavy (non-hydrogen) atoms. The van der Waals surface area contributed by atoms with Gasteiger partial charge < -0.3 is 10.1 Å². The van der Waals surface area contributed by atoms with Crippen molar-refractivity contribution in [2.75, 3.05) is 19.7 Å². The van der Waals surface area contributed by atoms with E-state index in [1.165, 1.54) is 12.1 Å². The second-order valence-electron chi connectivity index (χ2n) is 7.34. The van der Waals surface area contributed by atoms with Gasteiger partial charge in [-0.25, -0.2) is 13.1 Å². The monoisotopic (exact) mass is 356 g/mol. The van der Waals surface area contributed by atoms with Gasteiger partial charge >= 0.3 is 0 Å². The first kappa shape index (κ1) is 20.4. The third-order valence-electron chi connectivity index (χ3n) is 3.00. The molecule has 1 aromatic rings. The van der Waals surface area contributed by atoms with Crippen molar-refractivity contribution in [2.45, 2.75) is 39.5 Å². The maximum Gasteiger partial charge on any atom is 0.257 e. The summed E-state index contributed by atoms with van der Waals surface area (Å²) in [4.78, 5) is 11.9. The Labute approximate surface area is 145 Å². The molecule has 0 saturated heterocycles. The zero-order valence-electron chi connectivity index (χ0n) is 15.0. The number of sulfonamides is 1. The summed E-state index contributed by atoms with van der Waals surface area (Å²) < 4.78 is 32.1. The summed E-state index contributed by atoms with van der Waals surface area (Å²) in [5, 5.41) is 2.79. The number of carbonyl (C=O) groups is 1. The van der Waals surface area contributed by atoms with Crippen molar-refractivity contribution >= 4 is 15.9 Å². The molecule has 0 aliphatic heterocycles. The Balaban J connectivity index is 2.54. The fourth-order valence-electron chi connectivity index (χ4n) is 1.64. The Morgan fingerprint density at radius 2 is 1.75 bits per heavy atom. The van der Waals surface area contributed by atoms with Crippen LogP contribution in [-0.4, -0.2) is 34.0 Å². The molecule has 6 nitrogen and oxygen atoms in total. The van der Waals surface area contributed by atoms with Gasteiger partial charge in [0.1, 0.15) is 5.75 Å². The Morgan fingerprint density at radius 3 is 2.25 bits per heavy atom. The van der Waals surface area contributed by atoms with Gasteiger partial charge in [-0.3, -0.25) is 4.79 Å². The summed E-state index contributed by atoms with van der Waals surface area (Å²) in [6.07, 6.45) is 0. The lowest BCUT2D eigenvalue weighted by Crippen LogP contribution is -2.35. The van der Waals surface area contributed by atoms with Gasteiger partial charge in [0, 0.05) is 13.1 Å². The molecule has 0 bridgehead atoms. The smallest absolute Gasteiger partial charge is 0.257 e. The molecule has 0 radical (unpaired) electrons. The molecule has 2 N–H and O–H groups in total. The number of ether oxygens (including phenoxy) is 1. The molecule has 0 heterocycles. The third-order valence-corrected chi connectivity index (χ3v) is 4.44. The Morgan fingerprint density at radius 1 is 1.17 bits per heavy atom. The highest BCUT2D eigenvalue weighted by molar-refractivity contribution is 7.89. The maximum atomic E-state index is 12.1. The predicted octanol–water partition coefficient (Wildman–Crippen LogP) is 2.16. The molecule has 0 unspecified atom stereocenters. The largest absolute Gasteiger partial charge is 0.484 e. The average Bonchev–Trinajstić information content (AvgIpc) is 2.49. The van der Waals surface area contributed by atoms with Crippen LogP contribution in [0.1, 0.15) is 34.6 Å². The van der Waals surface area contributed by atoms with E-state index in [2.05, 4.69) is 10.0 Å². The van der Waals surface area contributed by atoms with E-state index < -0.39 is 10.0 Å². The molecule has 0 spiro atoms. The SMILES string of the molecule is CC(C)CNS(=O)(=O)c1ccc(OCC(=O)NCC(C)(C)C)cc1. The van der Waals surface area contributed by atoms with Crippen LogP contribution in [0.4, 0.5) is 0 Å². The minimum absolute atomic E-state index is 0.00859. The number of carbonyl (C=O) groups excluding carboxylic acids is 1. The first-order valence-corrected chi connectivity index (χ1v) is 9.47. The van der Waals surface area contributed by atoms with E-state index in [4.69, 9.17) is 4.74 Å². The van der Waals surface area contributed by atoms with E-state index in [9.17, 15) is 13.2 Å². The van der Waals surface area contributed by atoms with Crippen molar-refractivity contribution in [1.82, 2.24) is 10.0 Å². The molecule has 0 aliphatic rings. The standard InChI is InChI=1S/C17H28N2O4S/c1-13(2)10-19-24(21,22)15-8-6-14(7-9-15)23-11-16(20)18-12-17(3,4)5/h6-9,13,19H,10-12H2,1-5H3,(H,18,20). The number of hydrogen-bond acceptors (Lipinski definition) is 4. The van der Waals surface area contributed by atoms with Crippen molar-refractivity contribution in [1.29, 1.82) is 0 Å². The van der Waals surface area contributed by atoms with Crippen LogP contribution in [0, 0.1) is 11.3 Å². The topological polar surface area (TPSA) is 84.5 Å². The van der Waals surface area contributed by atoms with Gasteiger partial charge in [0.2, 0.25) is 10.0 Å². The van der Waals surface area contributed by atoms with Gasteiger partial charge in [-0.15, -0.1) is 0 Å². The van der Waals surface area contributed by atoms with E-state index in [1.54, 1.807) is 12.1 Å². The van der Waals surface area contributed by atoms with Gasteiger partial charge in [-0.2, -0.15) is 0 Å². The predicted molar refractivity (Wildman–Crippen MR) is 94.4 cm³/mol. The van der Waals surface area contributed by atoms with Crippen LogP contribution < -0.4 is 14.8 Å². The van der Waals surface area contributed by atoms with Crippen molar-refractivity contribution in [3.05, 3.63) is 24.3 Å². The first-order chi connectivity index (χ1) is 11.0. The van der Waals surface area contributed by atoms with E-state index in [0.717, 1.165) is 0 Å². The van der Waals surface area contributed by atoms with Crippen LogP contribution in [0.2, 0.25) is 0 Å². The lowest BCUT2D eigenvalue weighted by molar-refractivity contribution is -0.123. The number of benzene rings is 1. The van der Waals surface area contributed by atoms with Crippen LogP contribution in [-0.2, 0) is 14.8 Å². The number of nitrogens with one attached hydrogen (secondary N) is 2. The summed E-state index contributed by atoms with van der Waals surface area (Å²) >= 11 is 0. The molecule has 0 aromatic heterocycles. The van der Waals surface area contributed by atoms with E-state index in [-0.39, 0.29) is 28.7 Å². The van der Waals surface area contributed by atoms with E-state index in [0.29, 0.717) is 18.8 Å². The normalized spacial score (nSPS) is 12.2. The highest BCUT2D eigenvalue weighted by Gasteiger charge is 2.15. The quantitative estimate of drug-likeness (QED) is 0.747. The highest BCUT2D eigenvalue weighted by atomic mass is 32.2. The summed E-state index contributed by atoms with van der Waals surface area (Å²) in [6, 6.07) is 6.01. The fraction of sp³-hybridized carbons (Fsp3) is 0.588. The lowest BCUT2D eigenvalue weighted by atomic mass is 9.97. The van der Waals surface area contributed by atoms with Crippen molar-refractivity contribution < 1.29 is 17.9 Å². The Kier molecular flexibility index (Phi) is 7.23. The highest BCUT2D eigenvalue weighted by Crippen LogP contribution is 2.16. The zero-order valence-corrected chi connectivity index (χ0v) is 15.9. The average molecular weight is 356 g/mol. The van der Waals surface area contributed by atoms with E-state index in [1.807, 2.05) is 34.6 Å². The molecular formula is C17H28N2O4S. The summed E-state index contributed by atoms with van der Waals surface area (Å²) in [5.41, 5.74) is 0.00859. The second-order valence-corrected chi connectivity index (χ2v) is 9.11. The van der Waals surface area contributed by atoms with Crippen LogP contribution in [0.15, 0.2) is 29.2 Å². The molecule has 0 aliphatic carbocycles. The van der Waals surface area contributed by atoms with Gasteiger partial charge in [-0.05, 0) is 35.6 Å². The number of hydrogen-bond donors (Lipinski definition) is 2. The van der Waals surface area contributed by atoms with Crippen LogP contribution in [0.25, 0.3) is 0 Å². The molecule has 1 amide bonds. The fourth-order valence-corrected chi connectivity index (χ4v) is 2.85. The zero-order chi connectivity index (χ0) is 18.4. The van der Waals surface area contributed by atoms with Crippen LogP contribution in [0.3, 0.4) is 0 Å². The number of rotatable bonds is 8. The maximum absolute atomic E-state index is 12.1. The van der Waals surface area contributed by atoms with Gasteiger partial charge in [0.15, 0.2) is 6.61 Å². The summed E-state index contributed by atoms with van der Waals surface area (Å²) in [7, 11) is -3.51. The minimum Gasteiger partial charge on any atom is -0.484 e. The molecule has 0 fully saturated rings. The first-order valence-electron chi connectivity index (χ1n) is 7.99. The van der Waals surface area contributed by atoms with Crippen molar-refractivity contribution in [3.63, 3.8) is 0 Å². The summed E-state index contributed by atoms with van der Waals surface area (Å²) in [5.74, 6) is 0.470. The molecule has 1 rings (SSSR count). The molecule has 0 atom stereocenters. The summed E-state index contributed by atoms with van der Waals surface area (Å²) in [6.45, 7) is 10.8. The number of amides is 1. The van der Waals surface area contributed by atoms with Gasteiger partial charge in [-0.1, -0.05) is 34.6 Å². The Bertz CT molecular complexity index is 632. The molecule has 1 aromatic carbocycles. The second kappa shape index (κ2) is 8.48. The molecule has 7 heteroatoms. The van der Waals surface area contributed by atoms with Gasteiger partial charge in [0.05, 0.1) is 4.90 Å². The molecule has 0 saturated carbocycles. The van der Waals surface area contributed by atoms with E-state index >= 15 is 0 Å². The minimum atomic E-state index is -3.51. The molecule has 136 valence electrons. The Hall–Kier alpha value is -1.60. The third kappa shape index (κ3) is 7.79. The van der Waals surface area contributed by atoms with Gasteiger partial charge in [0.25, 0.3) is 5.91 Å². The molecular weight excluding hydrogens is 328 g/mol. The van der Waals surface area contributed by atoms with Crippen molar-refractivity contribution in [3.8, 4) is 5.75 Å². The van der Waals surface area contributed by atoms with Crippen LogP contribution >= 0.6 is 0 Å². The lowest BCUT2D eigenvalue weighted by Gasteiger charge is -2.18. The van der Waals surface area contributed by atoms with Crippen LogP contribution in [0.5, 0.6) is 5.75 Å². The van der Waals surface area contributed by atoms with Crippen molar-refractivity contribution in [2.24, 2.45) is 11.3 Å².